The third kappa shape index (κ3) is 3.23. The number of sulfonamides is 1. The van der Waals surface area contributed by atoms with Gasteiger partial charge in [0.2, 0.25) is 10.0 Å². The van der Waals surface area contributed by atoms with Crippen LogP contribution < -0.4 is 4.72 Å². The molecule has 2 aliphatic carbocycles. The molecule has 1 atom stereocenters. The molecule has 1 aromatic carbocycles. The number of hydrogen-bond acceptors (Lipinski definition) is 2. The van der Waals surface area contributed by atoms with E-state index in [9.17, 15) is 8.42 Å². The zero-order chi connectivity index (χ0) is 14.4. The molecule has 2 saturated carbocycles. The second kappa shape index (κ2) is 4.85. The van der Waals surface area contributed by atoms with Crippen molar-refractivity contribution in [3.8, 4) is 0 Å². The lowest BCUT2D eigenvalue weighted by molar-refractivity contribution is 0.392. The Balaban J connectivity index is 1.74. The van der Waals surface area contributed by atoms with Crippen molar-refractivity contribution in [3.05, 3.63) is 29.8 Å². The molecule has 0 bridgehead atoms. The number of hydrogen-bond donors (Lipinski definition) is 1. The van der Waals surface area contributed by atoms with E-state index in [2.05, 4.69) is 11.6 Å². The zero-order valence-electron chi connectivity index (χ0n) is 12.2. The van der Waals surface area contributed by atoms with E-state index in [0.29, 0.717) is 16.2 Å². The fourth-order valence-corrected chi connectivity index (χ4v) is 4.04. The van der Waals surface area contributed by atoms with Gasteiger partial charge in [-0.1, -0.05) is 24.6 Å². The number of nitrogens with one attached hydrogen (secondary N) is 1. The smallest absolute Gasteiger partial charge is 0.208 e. The van der Waals surface area contributed by atoms with Gasteiger partial charge in [-0.25, -0.2) is 13.1 Å². The Bertz CT molecular complexity index is 583. The van der Waals surface area contributed by atoms with Gasteiger partial charge in [0.1, 0.15) is 0 Å². The van der Waals surface area contributed by atoms with Crippen molar-refractivity contribution in [1.29, 1.82) is 0 Å². The first-order chi connectivity index (χ1) is 9.38. The SMILES string of the molecule is Cc1ccc(S(=O)(=O)NC(CC2(C)CC2)C2CC2)cc1. The summed E-state index contributed by atoms with van der Waals surface area (Å²) < 4.78 is 27.9. The normalized spacial score (nSPS) is 22.5. The van der Waals surface area contributed by atoms with Crippen LogP contribution in [0.1, 0.15) is 44.6 Å². The predicted molar refractivity (Wildman–Crippen MR) is 80.0 cm³/mol. The average Bonchev–Trinajstić information content (AvgIpc) is 3.25. The molecule has 0 heterocycles. The highest BCUT2D eigenvalue weighted by molar-refractivity contribution is 7.89. The van der Waals surface area contributed by atoms with Crippen LogP contribution in [0, 0.1) is 18.3 Å². The van der Waals surface area contributed by atoms with Gasteiger partial charge in [-0.15, -0.1) is 0 Å². The largest absolute Gasteiger partial charge is 0.240 e. The first kappa shape index (κ1) is 14.1. The van der Waals surface area contributed by atoms with Gasteiger partial charge < -0.3 is 0 Å². The van der Waals surface area contributed by atoms with E-state index in [1.54, 1.807) is 12.1 Å². The minimum Gasteiger partial charge on any atom is -0.208 e. The van der Waals surface area contributed by atoms with Gasteiger partial charge in [0.15, 0.2) is 0 Å². The second-order valence-electron chi connectivity index (χ2n) is 6.89. The van der Waals surface area contributed by atoms with Crippen molar-refractivity contribution in [2.45, 2.75) is 56.9 Å². The Labute approximate surface area is 121 Å². The Kier molecular flexibility index (Phi) is 3.41. The van der Waals surface area contributed by atoms with Crippen LogP contribution in [0.5, 0.6) is 0 Å². The molecule has 0 spiro atoms. The predicted octanol–water partition coefficient (Wildman–Crippen LogP) is 3.24. The van der Waals surface area contributed by atoms with Crippen LogP contribution in [0.2, 0.25) is 0 Å². The third-order valence-corrected chi connectivity index (χ3v) is 6.15. The first-order valence-electron chi connectivity index (χ1n) is 7.47. The molecule has 1 N–H and O–H groups in total. The Morgan fingerprint density at radius 1 is 1.25 bits per heavy atom. The van der Waals surface area contributed by atoms with Crippen molar-refractivity contribution in [1.82, 2.24) is 4.72 Å². The molecule has 110 valence electrons. The highest BCUT2D eigenvalue weighted by Crippen LogP contribution is 2.51. The molecule has 3 rings (SSSR count). The molecular formula is C16H23NO2S. The van der Waals surface area contributed by atoms with E-state index < -0.39 is 10.0 Å². The lowest BCUT2D eigenvalue weighted by atomic mass is 9.97. The Hall–Kier alpha value is -0.870. The molecule has 0 amide bonds. The van der Waals surface area contributed by atoms with Gasteiger partial charge in [0.25, 0.3) is 0 Å². The molecule has 1 unspecified atom stereocenters. The molecule has 1 aromatic rings. The topological polar surface area (TPSA) is 46.2 Å². The second-order valence-corrected chi connectivity index (χ2v) is 8.61. The van der Waals surface area contributed by atoms with Gasteiger partial charge >= 0.3 is 0 Å². The summed E-state index contributed by atoms with van der Waals surface area (Å²) in [4.78, 5) is 0.384. The summed E-state index contributed by atoms with van der Waals surface area (Å²) >= 11 is 0. The van der Waals surface area contributed by atoms with Crippen molar-refractivity contribution in [2.24, 2.45) is 11.3 Å². The lowest BCUT2D eigenvalue weighted by Gasteiger charge is -2.21. The molecule has 3 nitrogen and oxygen atoms in total. The minimum absolute atomic E-state index is 0.119. The Morgan fingerprint density at radius 2 is 1.85 bits per heavy atom. The molecule has 0 aliphatic heterocycles. The number of rotatable bonds is 6. The molecule has 0 radical (unpaired) electrons. The zero-order valence-corrected chi connectivity index (χ0v) is 13.0. The van der Waals surface area contributed by atoms with Gasteiger partial charge in [-0.2, -0.15) is 0 Å². The van der Waals surface area contributed by atoms with E-state index in [4.69, 9.17) is 0 Å². The molecule has 0 saturated heterocycles. The van der Waals surface area contributed by atoms with E-state index in [1.807, 2.05) is 19.1 Å². The van der Waals surface area contributed by atoms with Crippen LogP contribution in [-0.4, -0.2) is 14.5 Å². The van der Waals surface area contributed by atoms with Crippen LogP contribution in [0.15, 0.2) is 29.2 Å². The van der Waals surface area contributed by atoms with Crippen molar-refractivity contribution in [2.75, 3.05) is 0 Å². The minimum atomic E-state index is -3.38. The molecule has 4 heteroatoms. The molecule has 0 aromatic heterocycles. The molecule has 2 aliphatic rings. The molecule has 2 fully saturated rings. The molecule has 20 heavy (non-hydrogen) atoms. The van der Waals surface area contributed by atoms with Crippen molar-refractivity contribution < 1.29 is 8.42 Å². The van der Waals surface area contributed by atoms with Gasteiger partial charge in [0.05, 0.1) is 4.90 Å². The van der Waals surface area contributed by atoms with Crippen LogP contribution in [-0.2, 0) is 10.0 Å². The quantitative estimate of drug-likeness (QED) is 0.875. The summed E-state index contributed by atoms with van der Waals surface area (Å²) in [6, 6.07) is 7.21. The monoisotopic (exact) mass is 293 g/mol. The van der Waals surface area contributed by atoms with E-state index in [-0.39, 0.29) is 6.04 Å². The summed E-state index contributed by atoms with van der Waals surface area (Å²) in [7, 11) is -3.38. The van der Waals surface area contributed by atoms with Crippen molar-refractivity contribution in [3.63, 3.8) is 0 Å². The first-order valence-corrected chi connectivity index (χ1v) is 8.95. The average molecular weight is 293 g/mol. The summed E-state index contributed by atoms with van der Waals surface area (Å²) in [5.41, 5.74) is 1.46. The number of aryl methyl sites for hydroxylation is 1. The standard InChI is InChI=1S/C16H23NO2S/c1-12-3-7-14(8-4-12)20(18,19)17-15(13-5-6-13)11-16(2)9-10-16/h3-4,7-8,13,15,17H,5-6,9-11H2,1-2H3. The summed E-state index contributed by atoms with van der Waals surface area (Å²) in [5, 5.41) is 0. The maximum Gasteiger partial charge on any atom is 0.240 e. The summed E-state index contributed by atoms with van der Waals surface area (Å²) in [5.74, 6) is 0.549. The fraction of sp³-hybridized carbons (Fsp3) is 0.625. The summed E-state index contributed by atoms with van der Waals surface area (Å²) in [6.45, 7) is 4.23. The van der Waals surface area contributed by atoms with E-state index in [1.165, 1.54) is 12.8 Å². The third-order valence-electron chi connectivity index (χ3n) is 4.65. The van der Waals surface area contributed by atoms with Crippen molar-refractivity contribution >= 4 is 10.0 Å². The van der Waals surface area contributed by atoms with E-state index in [0.717, 1.165) is 24.8 Å². The lowest BCUT2D eigenvalue weighted by Crippen LogP contribution is -2.37. The summed E-state index contributed by atoms with van der Waals surface area (Å²) in [6.07, 6.45) is 5.79. The molecular weight excluding hydrogens is 270 g/mol. The van der Waals surface area contributed by atoms with Crippen LogP contribution in [0.4, 0.5) is 0 Å². The highest BCUT2D eigenvalue weighted by atomic mass is 32.2. The fourth-order valence-electron chi connectivity index (χ4n) is 2.74. The van der Waals surface area contributed by atoms with Crippen LogP contribution in [0.3, 0.4) is 0 Å². The highest BCUT2D eigenvalue weighted by Gasteiger charge is 2.44. The van der Waals surface area contributed by atoms with Crippen LogP contribution >= 0.6 is 0 Å². The maximum atomic E-state index is 12.5. The van der Waals surface area contributed by atoms with Gasteiger partial charge in [-0.05, 0) is 62.5 Å². The Morgan fingerprint density at radius 3 is 2.35 bits per heavy atom. The van der Waals surface area contributed by atoms with E-state index >= 15 is 0 Å². The van der Waals surface area contributed by atoms with Gasteiger partial charge in [-0.3, -0.25) is 0 Å². The van der Waals surface area contributed by atoms with Crippen LogP contribution in [0.25, 0.3) is 0 Å². The maximum absolute atomic E-state index is 12.5. The number of benzene rings is 1. The van der Waals surface area contributed by atoms with Gasteiger partial charge in [0, 0.05) is 6.04 Å².